The molecule has 1 amide bonds. The first-order chi connectivity index (χ1) is 13.5. The summed E-state index contributed by atoms with van der Waals surface area (Å²) in [4.78, 5) is 24.8. The predicted octanol–water partition coefficient (Wildman–Crippen LogP) is 3.10. The van der Waals surface area contributed by atoms with Crippen molar-refractivity contribution < 1.29 is 13.9 Å². The zero-order valence-electron chi connectivity index (χ0n) is 16.3. The van der Waals surface area contributed by atoms with Crippen LogP contribution in [0.25, 0.3) is 16.6 Å². The van der Waals surface area contributed by atoms with E-state index in [9.17, 15) is 14.0 Å². The molecule has 0 aliphatic heterocycles. The number of nitrogens with zero attached hydrogens (tertiary/aromatic N) is 2. The summed E-state index contributed by atoms with van der Waals surface area (Å²) in [6, 6.07) is 7.95. The van der Waals surface area contributed by atoms with Gasteiger partial charge in [-0.15, -0.1) is 0 Å². The Bertz CT molecular complexity index is 1020. The number of nitrogens with one attached hydrogen (secondary N) is 1. The second-order valence-corrected chi connectivity index (χ2v) is 7.08. The lowest BCUT2D eigenvalue weighted by Gasteiger charge is -2.13. The Labute approximate surface area is 162 Å². The van der Waals surface area contributed by atoms with Crippen molar-refractivity contribution in [2.75, 3.05) is 13.2 Å². The normalized spacial score (nSPS) is 11.6. The molecule has 1 N–H and O–H groups in total. The third-order valence-corrected chi connectivity index (χ3v) is 4.58. The van der Waals surface area contributed by atoms with Gasteiger partial charge in [0.2, 0.25) is 5.91 Å². The number of carbonyl (C=O) groups excluding carboxylic acids is 1. The van der Waals surface area contributed by atoms with Crippen LogP contribution in [0.4, 0.5) is 4.39 Å². The van der Waals surface area contributed by atoms with Crippen molar-refractivity contribution in [3.63, 3.8) is 0 Å². The number of hydrogen-bond acceptors (Lipinski definition) is 3. The van der Waals surface area contributed by atoms with Gasteiger partial charge in [-0.25, -0.2) is 4.39 Å². The van der Waals surface area contributed by atoms with E-state index in [-0.39, 0.29) is 17.6 Å². The fraction of sp³-hybridized carbons (Fsp3) is 0.429. The molecule has 28 heavy (non-hydrogen) atoms. The summed E-state index contributed by atoms with van der Waals surface area (Å²) in [7, 11) is 0. The average Bonchev–Trinajstić information content (AvgIpc) is 3.14. The van der Waals surface area contributed by atoms with Crippen molar-refractivity contribution in [3.05, 3.63) is 52.7 Å². The van der Waals surface area contributed by atoms with Gasteiger partial charge in [-0.1, -0.05) is 0 Å². The van der Waals surface area contributed by atoms with Gasteiger partial charge in [0.05, 0.1) is 17.1 Å². The molecule has 0 saturated heterocycles. The minimum absolute atomic E-state index is 0.0585. The van der Waals surface area contributed by atoms with E-state index in [2.05, 4.69) is 5.32 Å². The largest absolute Gasteiger partial charge is 0.379 e. The maximum atomic E-state index is 13.8. The van der Waals surface area contributed by atoms with Crippen molar-refractivity contribution in [2.24, 2.45) is 0 Å². The number of halogens is 1. The van der Waals surface area contributed by atoms with Gasteiger partial charge < -0.3 is 19.0 Å². The second kappa shape index (κ2) is 9.01. The first-order valence-corrected chi connectivity index (χ1v) is 9.65. The first-order valence-electron chi connectivity index (χ1n) is 9.65. The Kier molecular flexibility index (Phi) is 6.46. The van der Waals surface area contributed by atoms with Gasteiger partial charge >= 0.3 is 0 Å². The summed E-state index contributed by atoms with van der Waals surface area (Å²) >= 11 is 0. The summed E-state index contributed by atoms with van der Waals surface area (Å²) in [6.45, 7) is 5.48. The molecular weight excluding hydrogens is 361 g/mol. The fourth-order valence-corrected chi connectivity index (χ4v) is 3.26. The maximum absolute atomic E-state index is 13.8. The molecular formula is C21H26FN3O3. The highest BCUT2D eigenvalue weighted by Gasteiger charge is 2.12. The topological polar surface area (TPSA) is 64.7 Å². The number of carbonyl (C=O) groups is 1. The zero-order chi connectivity index (χ0) is 20.1. The zero-order valence-corrected chi connectivity index (χ0v) is 16.3. The summed E-state index contributed by atoms with van der Waals surface area (Å²) in [5, 5.41) is 2.86. The molecule has 6 nitrogen and oxygen atoms in total. The number of ether oxygens (including phenoxy) is 1. The lowest BCUT2D eigenvalue weighted by Crippen LogP contribution is -2.27. The molecule has 0 bridgehead atoms. The van der Waals surface area contributed by atoms with Crippen LogP contribution in [0.15, 0.2) is 41.3 Å². The molecule has 0 aliphatic carbocycles. The van der Waals surface area contributed by atoms with Gasteiger partial charge in [0, 0.05) is 32.3 Å². The minimum Gasteiger partial charge on any atom is -0.379 e. The van der Waals surface area contributed by atoms with Crippen LogP contribution in [0.1, 0.15) is 33.1 Å². The van der Waals surface area contributed by atoms with Gasteiger partial charge in [-0.2, -0.15) is 0 Å². The maximum Gasteiger partial charge on any atom is 0.275 e. The molecule has 0 saturated carbocycles. The fourth-order valence-electron chi connectivity index (χ4n) is 3.26. The molecule has 3 rings (SSSR count). The smallest absolute Gasteiger partial charge is 0.275 e. The highest BCUT2D eigenvalue weighted by Crippen LogP contribution is 2.17. The van der Waals surface area contributed by atoms with E-state index in [1.807, 2.05) is 13.8 Å². The number of aryl methyl sites for hydroxylation is 1. The molecule has 0 radical (unpaired) electrons. The highest BCUT2D eigenvalue weighted by molar-refractivity contribution is 5.79. The number of aromatic nitrogens is 2. The number of amides is 1. The van der Waals surface area contributed by atoms with Crippen LogP contribution in [-0.4, -0.2) is 34.1 Å². The van der Waals surface area contributed by atoms with E-state index in [1.165, 1.54) is 12.1 Å². The Morgan fingerprint density at radius 2 is 2.00 bits per heavy atom. The lowest BCUT2D eigenvalue weighted by molar-refractivity contribution is -0.121. The van der Waals surface area contributed by atoms with Crippen molar-refractivity contribution in [1.29, 1.82) is 0 Å². The monoisotopic (exact) mass is 387 g/mol. The average molecular weight is 387 g/mol. The van der Waals surface area contributed by atoms with E-state index in [4.69, 9.17) is 4.74 Å². The minimum atomic E-state index is -0.395. The number of benzene rings is 1. The van der Waals surface area contributed by atoms with Crippen molar-refractivity contribution in [1.82, 2.24) is 14.3 Å². The van der Waals surface area contributed by atoms with E-state index >= 15 is 0 Å². The van der Waals surface area contributed by atoms with Gasteiger partial charge in [-0.3, -0.25) is 9.59 Å². The standard InChI is InChI=1S/C21H26FN3O3/c1-15(2)28-13-5-10-23-20(26)7-4-12-25-19-14-16(22)8-9-17(19)24-11-3-6-18(24)21(25)27/h3,6,8-9,11,14-15H,4-5,7,10,12-13H2,1-2H3,(H,23,26). The SMILES string of the molecule is CC(C)OCCCNC(=O)CCCn1c(=O)c2cccn2c2ccc(F)cc21. The van der Waals surface area contributed by atoms with E-state index in [1.54, 1.807) is 33.4 Å². The molecule has 0 fully saturated rings. The van der Waals surface area contributed by atoms with Gasteiger partial charge in [-0.05, 0) is 57.0 Å². The molecule has 2 heterocycles. The lowest BCUT2D eigenvalue weighted by atomic mass is 10.2. The molecule has 1 aromatic carbocycles. The quantitative estimate of drug-likeness (QED) is 0.574. The molecule has 0 spiro atoms. The summed E-state index contributed by atoms with van der Waals surface area (Å²) < 4.78 is 22.5. The van der Waals surface area contributed by atoms with Crippen LogP contribution in [0.3, 0.4) is 0 Å². The van der Waals surface area contributed by atoms with E-state index in [0.29, 0.717) is 43.6 Å². The Morgan fingerprint density at radius 1 is 1.18 bits per heavy atom. The molecule has 150 valence electrons. The van der Waals surface area contributed by atoms with Crippen LogP contribution in [0.5, 0.6) is 0 Å². The first kappa shape index (κ1) is 20.1. The second-order valence-electron chi connectivity index (χ2n) is 7.08. The molecule has 3 aromatic rings. The van der Waals surface area contributed by atoms with E-state index in [0.717, 1.165) is 11.9 Å². The van der Waals surface area contributed by atoms with Crippen LogP contribution >= 0.6 is 0 Å². The molecule has 0 unspecified atom stereocenters. The van der Waals surface area contributed by atoms with Crippen molar-refractivity contribution >= 4 is 22.5 Å². The van der Waals surface area contributed by atoms with Crippen LogP contribution < -0.4 is 10.9 Å². The van der Waals surface area contributed by atoms with Crippen LogP contribution in [0, 0.1) is 5.82 Å². The predicted molar refractivity (Wildman–Crippen MR) is 107 cm³/mol. The highest BCUT2D eigenvalue weighted by atomic mass is 19.1. The Balaban J connectivity index is 1.64. The molecule has 0 aliphatic rings. The van der Waals surface area contributed by atoms with Crippen LogP contribution in [-0.2, 0) is 16.1 Å². The number of rotatable bonds is 9. The van der Waals surface area contributed by atoms with Crippen molar-refractivity contribution in [3.8, 4) is 0 Å². The number of hydrogen-bond donors (Lipinski definition) is 1. The number of fused-ring (bicyclic) bond motifs is 3. The van der Waals surface area contributed by atoms with Gasteiger partial charge in [0.1, 0.15) is 11.3 Å². The molecule has 7 heteroatoms. The third-order valence-electron chi connectivity index (χ3n) is 4.58. The molecule has 2 aromatic heterocycles. The summed E-state index contributed by atoms with van der Waals surface area (Å²) in [6.07, 6.45) is 3.54. The van der Waals surface area contributed by atoms with E-state index < -0.39 is 5.82 Å². The Morgan fingerprint density at radius 3 is 2.79 bits per heavy atom. The van der Waals surface area contributed by atoms with Crippen molar-refractivity contribution in [2.45, 2.75) is 45.8 Å². The third kappa shape index (κ3) is 4.59. The summed E-state index contributed by atoms with van der Waals surface area (Å²) in [5.41, 5.74) is 1.64. The van der Waals surface area contributed by atoms with Gasteiger partial charge in [0.25, 0.3) is 5.56 Å². The molecule has 0 atom stereocenters. The summed E-state index contributed by atoms with van der Waals surface area (Å²) in [5.74, 6) is -0.453. The van der Waals surface area contributed by atoms with Crippen LogP contribution in [0.2, 0.25) is 0 Å². The van der Waals surface area contributed by atoms with Gasteiger partial charge in [0.15, 0.2) is 0 Å². The Hall–Kier alpha value is -2.67.